The maximum atomic E-state index is 12.5. The topological polar surface area (TPSA) is 92.7 Å². The molecule has 256 valence electrons. The van der Waals surface area contributed by atoms with Gasteiger partial charge in [-0.25, -0.2) is 0 Å². The van der Waals surface area contributed by atoms with E-state index in [9.17, 15) is 14.4 Å². The average molecular weight is 636 g/mol. The van der Waals surface area contributed by atoms with Gasteiger partial charge in [0.2, 0.25) is 5.91 Å². The summed E-state index contributed by atoms with van der Waals surface area (Å²) in [4.78, 5) is 34.6. The second kappa shape index (κ2) is 34.2. The third-order valence-corrected chi connectivity index (χ3v) is 6.71. The molecule has 46 heavy (non-hydrogen) atoms. The highest BCUT2D eigenvalue weighted by Gasteiger charge is 2.08. The van der Waals surface area contributed by atoms with E-state index in [1.165, 1.54) is 0 Å². The minimum atomic E-state index is -1.04. The monoisotopic (exact) mass is 635 g/mol. The van der Waals surface area contributed by atoms with Crippen molar-refractivity contribution in [3.8, 4) is 0 Å². The van der Waals surface area contributed by atoms with Crippen LogP contribution in [0.3, 0.4) is 0 Å². The molecular formula is C40H61NO5. The van der Waals surface area contributed by atoms with Gasteiger partial charge < -0.3 is 15.2 Å². The van der Waals surface area contributed by atoms with Crippen LogP contribution in [0.25, 0.3) is 0 Å². The van der Waals surface area contributed by atoms with E-state index in [1.807, 2.05) is 24.3 Å². The first-order valence-electron chi connectivity index (χ1n) is 17.4. The predicted molar refractivity (Wildman–Crippen MR) is 193 cm³/mol. The molecule has 0 aliphatic heterocycles. The molecule has 1 amide bonds. The molecule has 0 heterocycles. The summed E-state index contributed by atoms with van der Waals surface area (Å²) in [6.45, 7) is 3.91. The second-order valence-electron chi connectivity index (χ2n) is 11.0. The van der Waals surface area contributed by atoms with Crippen molar-refractivity contribution in [1.29, 1.82) is 0 Å². The summed E-state index contributed by atoms with van der Waals surface area (Å²) in [7, 11) is 0. The van der Waals surface area contributed by atoms with Gasteiger partial charge in [-0.15, -0.1) is 0 Å². The Morgan fingerprint density at radius 2 is 1.02 bits per heavy atom. The maximum Gasteiger partial charge on any atom is 0.322 e. The van der Waals surface area contributed by atoms with Crippen molar-refractivity contribution in [1.82, 2.24) is 5.32 Å². The molecule has 0 fully saturated rings. The zero-order valence-corrected chi connectivity index (χ0v) is 28.6. The largest absolute Gasteiger partial charge is 0.480 e. The summed E-state index contributed by atoms with van der Waals surface area (Å²) in [5, 5.41) is 11.0. The molecule has 0 saturated heterocycles. The van der Waals surface area contributed by atoms with Gasteiger partial charge in [-0.3, -0.25) is 14.4 Å². The second-order valence-corrected chi connectivity index (χ2v) is 11.0. The van der Waals surface area contributed by atoms with Gasteiger partial charge in [0.05, 0.1) is 0 Å². The maximum absolute atomic E-state index is 12.5. The molecule has 0 aromatic carbocycles. The number of esters is 1. The van der Waals surface area contributed by atoms with Crippen LogP contribution in [-0.2, 0) is 19.1 Å². The Morgan fingerprint density at radius 1 is 0.565 bits per heavy atom. The molecule has 1 unspecified atom stereocenters. The summed E-state index contributed by atoms with van der Waals surface area (Å²) < 4.78 is 5.73. The molecule has 6 heteroatoms. The van der Waals surface area contributed by atoms with E-state index in [2.05, 4.69) is 92.1 Å². The van der Waals surface area contributed by atoms with Gasteiger partial charge in [-0.2, -0.15) is 0 Å². The van der Waals surface area contributed by atoms with Crippen molar-refractivity contribution in [2.75, 3.05) is 6.54 Å². The number of rotatable bonds is 29. The van der Waals surface area contributed by atoms with E-state index >= 15 is 0 Å². The van der Waals surface area contributed by atoms with E-state index < -0.39 is 5.97 Å². The van der Waals surface area contributed by atoms with Crippen LogP contribution < -0.4 is 5.32 Å². The van der Waals surface area contributed by atoms with Crippen molar-refractivity contribution in [3.05, 3.63) is 97.2 Å². The lowest BCUT2D eigenvalue weighted by Crippen LogP contribution is -2.28. The standard InChI is InChI=1S/C40H61NO5/c1-3-5-7-9-10-11-12-13-14-15-16-17-18-19-20-21-22-27-31-35-40(45)46-37(32-28-24-8-6-4-2)33-29-25-23-26-30-34-38(42)41-36-39(43)44/h5-8,10-11,13-14,16-17,19-20,28-29,32-33,37H,3-4,9,12,15,18,21-27,30-31,34-36H2,1-2H3,(H,41,42)(H,43,44)/b7-5-,8-6-,11-10-,14-13-,17-16-,20-19-,32-28-,33-29-. The molecule has 0 aliphatic rings. The number of carboxylic acid groups (broad SMARTS) is 1. The molecule has 0 aromatic rings. The summed E-state index contributed by atoms with van der Waals surface area (Å²) in [5.41, 5.74) is 0. The van der Waals surface area contributed by atoms with Crippen LogP contribution in [0.15, 0.2) is 97.2 Å². The lowest BCUT2D eigenvalue weighted by atomic mass is 10.1. The van der Waals surface area contributed by atoms with E-state index in [4.69, 9.17) is 9.84 Å². The zero-order chi connectivity index (χ0) is 33.8. The van der Waals surface area contributed by atoms with Gasteiger partial charge in [0, 0.05) is 12.8 Å². The Bertz CT molecular complexity index is 1010. The van der Waals surface area contributed by atoms with Crippen LogP contribution >= 0.6 is 0 Å². The van der Waals surface area contributed by atoms with Crippen molar-refractivity contribution >= 4 is 17.8 Å². The fraction of sp³-hybridized carbons (Fsp3) is 0.525. The first kappa shape index (κ1) is 42.3. The summed E-state index contributed by atoms with van der Waals surface area (Å²) in [5.74, 6) is -1.45. The SMILES string of the molecule is CC/C=C\C/C=C\C/C=C\C/C=C\C/C=C\CCCCCC(=O)OC(/C=C\C/C=C\CC)/C=C\CCCCCC(=O)NCC(=O)O. The number of hydrogen-bond donors (Lipinski definition) is 2. The third kappa shape index (κ3) is 33.2. The van der Waals surface area contributed by atoms with Gasteiger partial charge in [0.1, 0.15) is 12.6 Å². The number of carbonyl (C=O) groups is 3. The highest BCUT2D eigenvalue weighted by atomic mass is 16.5. The van der Waals surface area contributed by atoms with Crippen LogP contribution in [0.1, 0.15) is 123 Å². The zero-order valence-electron chi connectivity index (χ0n) is 28.6. The minimum absolute atomic E-state index is 0.175. The summed E-state index contributed by atoms with van der Waals surface area (Å²) >= 11 is 0. The Hall–Kier alpha value is -3.67. The number of carboxylic acids is 1. The third-order valence-electron chi connectivity index (χ3n) is 6.71. The van der Waals surface area contributed by atoms with Crippen LogP contribution in [0, 0.1) is 0 Å². The number of aliphatic carboxylic acids is 1. The normalized spacial score (nSPS) is 13.3. The highest BCUT2D eigenvalue weighted by molar-refractivity contribution is 5.80. The fourth-order valence-corrected chi connectivity index (χ4v) is 4.20. The van der Waals surface area contributed by atoms with Crippen LogP contribution in [0.4, 0.5) is 0 Å². The fourth-order valence-electron chi connectivity index (χ4n) is 4.20. The molecule has 0 bridgehead atoms. The number of allylic oxidation sites excluding steroid dienone is 14. The molecule has 0 saturated carbocycles. The van der Waals surface area contributed by atoms with Crippen LogP contribution in [0.2, 0.25) is 0 Å². The molecular weight excluding hydrogens is 574 g/mol. The van der Waals surface area contributed by atoms with Gasteiger partial charge in [0.25, 0.3) is 0 Å². The van der Waals surface area contributed by atoms with Crippen molar-refractivity contribution in [2.24, 2.45) is 0 Å². The van der Waals surface area contributed by atoms with E-state index in [0.29, 0.717) is 19.3 Å². The first-order chi connectivity index (χ1) is 22.5. The number of hydrogen-bond acceptors (Lipinski definition) is 4. The molecule has 0 spiro atoms. The minimum Gasteiger partial charge on any atom is -0.480 e. The van der Waals surface area contributed by atoms with Crippen molar-refractivity contribution < 1.29 is 24.2 Å². The lowest BCUT2D eigenvalue weighted by molar-refractivity contribution is -0.145. The van der Waals surface area contributed by atoms with Gasteiger partial charge in [0.15, 0.2) is 0 Å². The average Bonchev–Trinajstić information content (AvgIpc) is 3.04. The molecule has 2 N–H and O–H groups in total. The van der Waals surface area contributed by atoms with Crippen molar-refractivity contribution in [3.63, 3.8) is 0 Å². The van der Waals surface area contributed by atoms with Gasteiger partial charge >= 0.3 is 11.9 Å². The smallest absolute Gasteiger partial charge is 0.322 e. The summed E-state index contributed by atoms with van der Waals surface area (Å²) in [6, 6.07) is 0. The Kier molecular flexibility index (Phi) is 31.5. The van der Waals surface area contributed by atoms with E-state index in [0.717, 1.165) is 89.9 Å². The first-order valence-corrected chi connectivity index (χ1v) is 17.4. The van der Waals surface area contributed by atoms with Gasteiger partial charge in [-0.1, -0.05) is 112 Å². The highest BCUT2D eigenvalue weighted by Crippen LogP contribution is 2.10. The van der Waals surface area contributed by atoms with Crippen LogP contribution in [0.5, 0.6) is 0 Å². The molecule has 0 radical (unpaired) electrons. The lowest BCUT2D eigenvalue weighted by Gasteiger charge is -2.11. The quantitative estimate of drug-likeness (QED) is 0.0485. The molecule has 0 aromatic heterocycles. The van der Waals surface area contributed by atoms with Gasteiger partial charge in [-0.05, 0) is 95.6 Å². The Labute approximate surface area is 279 Å². The molecule has 1 atom stereocenters. The Morgan fingerprint density at radius 3 is 1.57 bits per heavy atom. The van der Waals surface area contributed by atoms with E-state index in [-0.39, 0.29) is 24.5 Å². The number of unbranched alkanes of at least 4 members (excludes halogenated alkanes) is 6. The van der Waals surface area contributed by atoms with Crippen molar-refractivity contribution in [2.45, 2.75) is 129 Å². The number of nitrogens with one attached hydrogen (secondary N) is 1. The predicted octanol–water partition coefficient (Wildman–Crippen LogP) is 10.2. The summed E-state index contributed by atoms with van der Waals surface area (Å²) in [6.07, 6.45) is 48.6. The number of amides is 1. The molecule has 0 rings (SSSR count). The Balaban J connectivity index is 4.18. The number of ether oxygens (including phenoxy) is 1. The van der Waals surface area contributed by atoms with Crippen LogP contribution in [-0.4, -0.2) is 35.6 Å². The van der Waals surface area contributed by atoms with E-state index in [1.54, 1.807) is 0 Å². The number of carbonyl (C=O) groups excluding carboxylic acids is 2. The molecule has 0 aliphatic carbocycles. The molecule has 6 nitrogen and oxygen atoms in total.